The lowest BCUT2D eigenvalue weighted by Crippen LogP contribution is -2.41. The van der Waals surface area contributed by atoms with Crippen molar-refractivity contribution in [1.29, 1.82) is 0 Å². The summed E-state index contributed by atoms with van der Waals surface area (Å²) in [5.74, 6) is -0.618. The molecule has 276 valence electrons. The molecule has 1 fully saturated rings. The van der Waals surface area contributed by atoms with Crippen molar-refractivity contribution in [3.63, 3.8) is 0 Å². The Labute approximate surface area is 311 Å². The molecule has 3 aliphatic carbocycles. The fourth-order valence-corrected chi connectivity index (χ4v) is 7.81. The summed E-state index contributed by atoms with van der Waals surface area (Å²) in [5.41, 5.74) is 8.68. The van der Waals surface area contributed by atoms with Gasteiger partial charge in [-0.2, -0.15) is 0 Å². The summed E-state index contributed by atoms with van der Waals surface area (Å²) < 4.78 is 17.5. The van der Waals surface area contributed by atoms with E-state index in [-0.39, 0.29) is 30.1 Å². The lowest BCUT2D eigenvalue weighted by molar-refractivity contribution is 0.0486. The van der Waals surface area contributed by atoms with E-state index in [0.29, 0.717) is 11.1 Å². The maximum atomic E-state index is 12.6. The lowest BCUT2D eigenvalue weighted by Gasteiger charge is -2.32. The third-order valence-electron chi connectivity index (χ3n) is 9.55. The van der Waals surface area contributed by atoms with Gasteiger partial charge in [0.15, 0.2) is 10.3 Å². The second-order valence-corrected chi connectivity index (χ2v) is 15.5. The van der Waals surface area contributed by atoms with Crippen LogP contribution in [-0.4, -0.2) is 85.9 Å². The number of ether oxygens (including phenoxy) is 3. The molecule has 0 radical (unpaired) electrons. The SMILES string of the molecule is COC(=O)c1c[nH]c2c1CCc1cnc(SC)nc1-2.COC(=O)c1cn(C2CCC(NC(=O)OC(C)(C)C)CC2)c2c1CCc1cnc(SC)nc1-2. The number of thioether (sulfide) groups is 2. The van der Waals surface area contributed by atoms with E-state index in [4.69, 9.17) is 19.2 Å². The molecular weight excluding hydrogens is 703 g/mol. The maximum absolute atomic E-state index is 12.6. The Morgan fingerprint density at radius 3 is 2.00 bits per heavy atom. The number of amides is 1. The summed E-state index contributed by atoms with van der Waals surface area (Å²) in [5, 5.41) is 4.46. The van der Waals surface area contributed by atoms with Gasteiger partial charge in [-0.15, -0.1) is 0 Å². The molecule has 1 amide bonds. The Morgan fingerprint density at radius 2 is 1.40 bits per heavy atom. The van der Waals surface area contributed by atoms with Crippen LogP contribution >= 0.6 is 23.5 Å². The number of nitrogens with one attached hydrogen (secondary N) is 2. The maximum Gasteiger partial charge on any atom is 0.407 e. The molecule has 15 heteroatoms. The van der Waals surface area contributed by atoms with Gasteiger partial charge in [0.05, 0.1) is 48.1 Å². The van der Waals surface area contributed by atoms with Crippen LogP contribution in [0.1, 0.15) is 95.5 Å². The van der Waals surface area contributed by atoms with Gasteiger partial charge in [-0.25, -0.2) is 34.3 Å². The first-order valence-corrected chi connectivity index (χ1v) is 19.8. The molecule has 0 aliphatic heterocycles. The number of carbonyl (C=O) groups is 3. The van der Waals surface area contributed by atoms with Gasteiger partial charge in [0.2, 0.25) is 0 Å². The van der Waals surface area contributed by atoms with Crippen molar-refractivity contribution in [2.75, 3.05) is 26.7 Å². The second-order valence-electron chi connectivity index (χ2n) is 13.9. The number of hydrogen-bond donors (Lipinski definition) is 2. The summed E-state index contributed by atoms with van der Waals surface area (Å²) in [6.07, 6.45) is 17.6. The zero-order valence-electron chi connectivity index (χ0n) is 30.6. The van der Waals surface area contributed by atoms with Gasteiger partial charge in [0, 0.05) is 36.9 Å². The van der Waals surface area contributed by atoms with Gasteiger partial charge in [0.25, 0.3) is 0 Å². The number of esters is 2. The number of methoxy groups -OCH3 is 2. The third-order valence-corrected chi connectivity index (χ3v) is 10.7. The second kappa shape index (κ2) is 15.7. The molecule has 0 spiro atoms. The zero-order chi connectivity index (χ0) is 37.2. The van der Waals surface area contributed by atoms with Gasteiger partial charge in [-0.1, -0.05) is 23.5 Å². The molecule has 52 heavy (non-hydrogen) atoms. The van der Waals surface area contributed by atoms with Crippen LogP contribution in [0.5, 0.6) is 0 Å². The van der Waals surface area contributed by atoms with Gasteiger partial charge in [0.1, 0.15) is 5.60 Å². The number of H-pyrrole nitrogens is 1. The first-order valence-electron chi connectivity index (χ1n) is 17.3. The predicted octanol–water partition coefficient (Wildman–Crippen LogP) is 6.64. The van der Waals surface area contributed by atoms with Crippen LogP contribution in [0.3, 0.4) is 0 Å². The molecule has 3 aliphatic rings. The Hall–Kier alpha value is -4.37. The van der Waals surface area contributed by atoms with Crippen LogP contribution in [0.15, 0.2) is 35.1 Å². The number of rotatable bonds is 6. The van der Waals surface area contributed by atoms with Gasteiger partial charge >= 0.3 is 18.0 Å². The zero-order valence-corrected chi connectivity index (χ0v) is 32.3. The van der Waals surface area contributed by atoms with Crippen LogP contribution < -0.4 is 5.32 Å². The molecule has 4 aromatic heterocycles. The Balaban J connectivity index is 0.000000206. The van der Waals surface area contributed by atoms with E-state index >= 15 is 0 Å². The average Bonchev–Trinajstić information content (AvgIpc) is 3.76. The smallest absolute Gasteiger partial charge is 0.407 e. The number of alkyl carbamates (subject to hydrolysis) is 1. The van der Waals surface area contributed by atoms with E-state index in [1.165, 1.54) is 37.7 Å². The van der Waals surface area contributed by atoms with E-state index in [0.717, 1.165) is 107 Å². The molecule has 2 N–H and O–H groups in total. The number of aromatic nitrogens is 6. The van der Waals surface area contributed by atoms with Crippen molar-refractivity contribution in [3.05, 3.63) is 58.2 Å². The first-order chi connectivity index (χ1) is 24.9. The molecule has 0 saturated heterocycles. The number of fused-ring (bicyclic) bond motifs is 6. The largest absolute Gasteiger partial charge is 0.465 e. The molecule has 0 atom stereocenters. The van der Waals surface area contributed by atoms with Crippen molar-refractivity contribution in [2.24, 2.45) is 0 Å². The molecular formula is C37H45N7O6S2. The molecule has 4 heterocycles. The van der Waals surface area contributed by atoms with Gasteiger partial charge < -0.3 is 29.1 Å². The molecule has 0 bridgehead atoms. The molecule has 4 aromatic rings. The summed E-state index contributed by atoms with van der Waals surface area (Å²) in [7, 11) is 2.82. The molecule has 0 aromatic carbocycles. The third kappa shape index (κ3) is 7.85. The van der Waals surface area contributed by atoms with Gasteiger partial charge in [-0.3, -0.25) is 0 Å². The van der Waals surface area contributed by atoms with Crippen LogP contribution in [-0.2, 0) is 39.9 Å². The minimum absolute atomic E-state index is 0.0836. The molecule has 13 nitrogen and oxygen atoms in total. The van der Waals surface area contributed by atoms with E-state index in [1.54, 1.807) is 6.20 Å². The summed E-state index contributed by atoms with van der Waals surface area (Å²) in [6, 6.07) is 0.299. The van der Waals surface area contributed by atoms with Crippen molar-refractivity contribution in [3.8, 4) is 22.8 Å². The van der Waals surface area contributed by atoms with Crippen LogP contribution in [0, 0.1) is 0 Å². The van der Waals surface area contributed by atoms with Crippen LogP contribution in [0.2, 0.25) is 0 Å². The summed E-state index contributed by atoms with van der Waals surface area (Å²) >= 11 is 3.02. The van der Waals surface area contributed by atoms with E-state index in [1.807, 2.05) is 51.9 Å². The summed E-state index contributed by atoms with van der Waals surface area (Å²) in [6.45, 7) is 5.59. The minimum atomic E-state index is -0.513. The molecule has 7 rings (SSSR count). The molecule has 0 unspecified atom stereocenters. The monoisotopic (exact) mass is 747 g/mol. The van der Waals surface area contributed by atoms with E-state index < -0.39 is 5.60 Å². The number of hydrogen-bond acceptors (Lipinski definition) is 12. The fraction of sp³-hybridized carbons (Fsp3) is 0.486. The normalized spacial score (nSPS) is 17.3. The standard InChI is InChI=1S/C24H32N4O4S.C13H13N3O2S/c1-24(2,3)32-23(30)26-15-7-9-16(10-8-15)28-13-18(21(29)31-4)17-11-6-14-12-25-22(33-5)27-19(14)20(17)28;1-18-12(17)9-6-14-11-8(9)4-3-7-5-15-13(19-2)16-10(7)11/h12-13,15-16H,6-11H2,1-5H3,(H,26,30);5-6,14H,3-4H2,1-2H3. The van der Waals surface area contributed by atoms with E-state index in [2.05, 4.69) is 29.8 Å². The van der Waals surface area contributed by atoms with Crippen LogP contribution in [0.4, 0.5) is 4.79 Å². The fourth-order valence-electron chi connectivity index (χ4n) is 7.13. The number of carbonyl (C=O) groups excluding carboxylic acids is 3. The summed E-state index contributed by atoms with van der Waals surface area (Å²) in [4.78, 5) is 57.7. The topological polar surface area (TPSA) is 163 Å². The average molecular weight is 748 g/mol. The molecule has 1 saturated carbocycles. The van der Waals surface area contributed by atoms with Gasteiger partial charge in [-0.05, 0) is 107 Å². The van der Waals surface area contributed by atoms with Crippen molar-refractivity contribution in [2.45, 2.75) is 100 Å². The van der Waals surface area contributed by atoms with E-state index in [9.17, 15) is 14.4 Å². The highest BCUT2D eigenvalue weighted by Crippen LogP contribution is 2.41. The predicted molar refractivity (Wildman–Crippen MR) is 199 cm³/mol. The Kier molecular flexibility index (Phi) is 11.3. The first kappa shape index (κ1) is 37.4. The Bertz CT molecular complexity index is 1980. The number of nitrogens with zero attached hydrogens (tertiary/aromatic N) is 5. The van der Waals surface area contributed by atoms with Crippen molar-refractivity contribution < 1.29 is 28.6 Å². The quantitative estimate of drug-likeness (QED) is 0.0937. The number of aromatic amines is 1. The van der Waals surface area contributed by atoms with Crippen LogP contribution in [0.25, 0.3) is 22.8 Å². The number of aryl methyl sites for hydroxylation is 2. The van der Waals surface area contributed by atoms with Crippen molar-refractivity contribution >= 4 is 41.6 Å². The Morgan fingerprint density at radius 1 is 0.827 bits per heavy atom. The van der Waals surface area contributed by atoms with Crippen molar-refractivity contribution in [1.82, 2.24) is 34.8 Å². The highest BCUT2D eigenvalue weighted by Gasteiger charge is 2.33. The highest BCUT2D eigenvalue weighted by atomic mass is 32.2. The minimum Gasteiger partial charge on any atom is -0.465 e. The highest BCUT2D eigenvalue weighted by molar-refractivity contribution is 7.98. The lowest BCUT2D eigenvalue weighted by atomic mass is 9.89.